The Labute approximate surface area is 210 Å². The van der Waals surface area contributed by atoms with Gasteiger partial charge in [-0.05, 0) is 53.4 Å². The monoisotopic (exact) mass is 491 g/mol. The number of hydrazone groups is 1. The number of ether oxygens (including phenoxy) is 4. The van der Waals surface area contributed by atoms with Gasteiger partial charge in [-0.3, -0.25) is 9.59 Å². The molecule has 9 heteroatoms. The summed E-state index contributed by atoms with van der Waals surface area (Å²) < 4.78 is 21.7. The van der Waals surface area contributed by atoms with E-state index in [1.807, 2.05) is 42.5 Å². The fourth-order valence-electron chi connectivity index (χ4n) is 3.27. The largest absolute Gasteiger partial charge is 0.493 e. The Hall–Kier alpha value is -4.53. The molecule has 2 N–H and O–H groups in total. The first-order valence-electron chi connectivity index (χ1n) is 11.2. The van der Waals surface area contributed by atoms with Crippen LogP contribution >= 0.6 is 0 Å². The van der Waals surface area contributed by atoms with Crippen molar-refractivity contribution in [1.82, 2.24) is 10.7 Å². The van der Waals surface area contributed by atoms with Crippen LogP contribution in [-0.2, 0) is 22.6 Å². The van der Waals surface area contributed by atoms with Gasteiger partial charge in [-0.1, -0.05) is 36.4 Å². The van der Waals surface area contributed by atoms with Crippen LogP contribution in [0.2, 0.25) is 0 Å². The van der Waals surface area contributed by atoms with Crippen molar-refractivity contribution in [3.8, 4) is 23.0 Å². The lowest BCUT2D eigenvalue weighted by molar-refractivity contribution is -0.139. The molecule has 0 saturated carbocycles. The molecular formula is C27H29N3O6. The van der Waals surface area contributed by atoms with Crippen LogP contribution in [0.5, 0.6) is 23.0 Å². The lowest BCUT2D eigenvalue weighted by Crippen LogP contribution is -2.38. The SMILES string of the molecule is COc1ccc(CCNC(=O)C(=O)N/N=C\c2ccc(OCc3ccccc3)c(OC)c2)cc1OC. The minimum Gasteiger partial charge on any atom is -0.493 e. The first kappa shape index (κ1) is 26.1. The fraction of sp³-hybridized carbons (Fsp3) is 0.222. The van der Waals surface area contributed by atoms with Crippen LogP contribution in [0, 0.1) is 0 Å². The molecule has 0 aliphatic heterocycles. The summed E-state index contributed by atoms with van der Waals surface area (Å²) in [6, 6.07) is 20.5. The number of benzene rings is 3. The summed E-state index contributed by atoms with van der Waals surface area (Å²) in [5.41, 5.74) is 4.85. The zero-order chi connectivity index (χ0) is 25.8. The third kappa shape index (κ3) is 7.49. The Balaban J connectivity index is 1.46. The molecule has 0 aliphatic rings. The van der Waals surface area contributed by atoms with Crippen LogP contribution in [0.15, 0.2) is 71.8 Å². The van der Waals surface area contributed by atoms with Crippen LogP contribution in [0.3, 0.4) is 0 Å². The van der Waals surface area contributed by atoms with Gasteiger partial charge in [0.2, 0.25) is 0 Å². The number of hydrogen-bond donors (Lipinski definition) is 2. The summed E-state index contributed by atoms with van der Waals surface area (Å²) in [7, 11) is 4.66. The quantitative estimate of drug-likeness (QED) is 0.243. The minimum atomic E-state index is -0.867. The molecule has 0 fully saturated rings. The molecule has 0 radical (unpaired) electrons. The summed E-state index contributed by atoms with van der Waals surface area (Å²) in [5, 5.41) is 6.42. The Morgan fingerprint density at radius 2 is 1.47 bits per heavy atom. The topological polar surface area (TPSA) is 107 Å². The molecule has 36 heavy (non-hydrogen) atoms. The van der Waals surface area contributed by atoms with Gasteiger partial charge in [-0.2, -0.15) is 5.10 Å². The molecule has 0 spiro atoms. The molecule has 3 aromatic rings. The summed E-state index contributed by atoms with van der Waals surface area (Å²) in [5.74, 6) is 0.670. The van der Waals surface area contributed by atoms with Gasteiger partial charge in [0.25, 0.3) is 0 Å². The number of carbonyl (C=O) groups is 2. The van der Waals surface area contributed by atoms with E-state index in [4.69, 9.17) is 18.9 Å². The van der Waals surface area contributed by atoms with E-state index in [1.54, 1.807) is 45.6 Å². The summed E-state index contributed by atoms with van der Waals surface area (Å²) in [6.07, 6.45) is 1.93. The van der Waals surface area contributed by atoms with Gasteiger partial charge < -0.3 is 24.3 Å². The number of carbonyl (C=O) groups excluding carboxylic acids is 2. The summed E-state index contributed by atoms with van der Waals surface area (Å²) >= 11 is 0. The maximum absolute atomic E-state index is 12.1. The van der Waals surface area contributed by atoms with E-state index in [9.17, 15) is 9.59 Å². The van der Waals surface area contributed by atoms with E-state index in [0.717, 1.165) is 11.1 Å². The molecule has 2 amide bonds. The van der Waals surface area contributed by atoms with Gasteiger partial charge >= 0.3 is 11.8 Å². The van der Waals surface area contributed by atoms with E-state index in [2.05, 4.69) is 15.8 Å². The molecule has 0 saturated heterocycles. The number of nitrogens with one attached hydrogen (secondary N) is 2. The Morgan fingerprint density at radius 3 is 2.19 bits per heavy atom. The van der Waals surface area contributed by atoms with Crippen molar-refractivity contribution in [2.45, 2.75) is 13.0 Å². The molecule has 0 unspecified atom stereocenters. The Morgan fingerprint density at radius 1 is 0.778 bits per heavy atom. The van der Waals surface area contributed by atoms with E-state index < -0.39 is 11.8 Å². The second-order valence-corrected chi connectivity index (χ2v) is 7.58. The van der Waals surface area contributed by atoms with Crippen molar-refractivity contribution in [2.75, 3.05) is 27.9 Å². The molecule has 0 aliphatic carbocycles. The van der Waals surface area contributed by atoms with Crippen molar-refractivity contribution in [3.05, 3.63) is 83.4 Å². The second-order valence-electron chi connectivity index (χ2n) is 7.58. The van der Waals surface area contributed by atoms with Crippen LogP contribution in [0.25, 0.3) is 0 Å². The third-order valence-corrected chi connectivity index (χ3v) is 5.16. The standard InChI is InChI=1S/C27H29N3O6/c1-33-22-11-9-19(15-24(22)34-2)13-14-28-26(31)27(32)30-29-17-21-10-12-23(25(16-21)35-3)36-18-20-7-5-4-6-8-20/h4-12,15-17H,13-14,18H2,1-3H3,(H,28,31)(H,30,32)/b29-17-. The number of methoxy groups -OCH3 is 3. The molecule has 9 nitrogen and oxygen atoms in total. The number of nitrogens with zero attached hydrogens (tertiary/aromatic N) is 1. The summed E-state index contributed by atoms with van der Waals surface area (Å²) in [6.45, 7) is 0.676. The molecule has 0 aromatic heterocycles. The molecule has 0 atom stereocenters. The van der Waals surface area contributed by atoms with Crippen molar-refractivity contribution in [1.29, 1.82) is 0 Å². The second kappa shape index (κ2) is 13.4. The highest BCUT2D eigenvalue weighted by Gasteiger charge is 2.12. The molecule has 0 heterocycles. The molecule has 3 aromatic carbocycles. The van der Waals surface area contributed by atoms with E-state index >= 15 is 0 Å². The van der Waals surface area contributed by atoms with Gasteiger partial charge in [0.15, 0.2) is 23.0 Å². The molecule has 188 valence electrons. The zero-order valence-electron chi connectivity index (χ0n) is 20.4. The highest BCUT2D eigenvalue weighted by molar-refractivity contribution is 6.35. The van der Waals surface area contributed by atoms with Crippen molar-refractivity contribution in [3.63, 3.8) is 0 Å². The summed E-state index contributed by atoms with van der Waals surface area (Å²) in [4.78, 5) is 24.1. The lowest BCUT2D eigenvalue weighted by atomic mass is 10.1. The van der Waals surface area contributed by atoms with Gasteiger partial charge in [0.05, 0.1) is 27.5 Å². The average molecular weight is 492 g/mol. The predicted octanol–water partition coefficient (Wildman–Crippen LogP) is 3.10. The minimum absolute atomic E-state index is 0.271. The maximum atomic E-state index is 12.1. The van der Waals surface area contributed by atoms with Crippen LogP contribution in [0.1, 0.15) is 16.7 Å². The maximum Gasteiger partial charge on any atom is 0.329 e. The number of rotatable bonds is 11. The zero-order valence-corrected chi connectivity index (χ0v) is 20.4. The van der Waals surface area contributed by atoms with Gasteiger partial charge in [-0.25, -0.2) is 5.43 Å². The third-order valence-electron chi connectivity index (χ3n) is 5.16. The van der Waals surface area contributed by atoms with Crippen molar-refractivity contribution < 1.29 is 28.5 Å². The first-order chi connectivity index (χ1) is 17.5. The van der Waals surface area contributed by atoms with Crippen LogP contribution < -0.4 is 29.7 Å². The number of amides is 2. The highest BCUT2D eigenvalue weighted by Crippen LogP contribution is 2.29. The van der Waals surface area contributed by atoms with Crippen molar-refractivity contribution >= 4 is 18.0 Å². The molecule has 3 rings (SSSR count). The number of hydrogen-bond acceptors (Lipinski definition) is 7. The Kier molecular flexibility index (Phi) is 9.69. The predicted molar refractivity (Wildman–Crippen MR) is 136 cm³/mol. The first-order valence-corrected chi connectivity index (χ1v) is 11.2. The van der Waals surface area contributed by atoms with E-state index in [1.165, 1.54) is 6.21 Å². The van der Waals surface area contributed by atoms with Gasteiger partial charge in [0, 0.05) is 6.54 Å². The lowest BCUT2D eigenvalue weighted by Gasteiger charge is -2.11. The average Bonchev–Trinajstić information content (AvgIpc) is 2.92. The van der Waals surface area contributed by atoms with E-state index in [-0.39, 0.29) is 6.54 Å². The highest BCUT2D eigenvalue weighted by atomic mass is 16.5. The van der Waals surface area contributed by atoms with Gasteiger partial charge in [-0.15, -0.1) is 0 Å². The molecular weight excluding hydrogens is 462 g/mol. The van der Waals surface area contributed by atoms with E-state index in [0.29, 0.717) is 41.6 Å². The normalized spacial score (nSPS) is 10.5. The van der Waals surface area contributed by atoms with Crippen molar-refractivity contribution in [2.24, 2.45) is 5.10 Å². The fourth-order valence-corrected chi connectivity index (χ4v) is 3.27. The Bertz CT molecular complexity index is 1200. The van der Waals surface area contributed by atoms with Crippen LogP contribution in [-0.4, -0.2) is 45.9 Å². The van der Waals surface area contributed by atoms with Crippen LogP contribution in [0.4, 0.5) is 0 Å². The molecule has 0 bridgehead atoms. The smallest absolute Gasteiger partial charge is 0.329 e. The van der Waals surface area contributed by atoms with Gasteiger partial charge in [0.1, 0.15) is 6.61 Å².